The lowest BCUT2D eigenvalue weighted by Gasteiger charge is -2.36. The number of hydrogen-bond donors (Lipinski definition) is 0. The van der Waals surface area contributed by atoms with Crippen LogP contribution in [-0.2, 0) is 10.0 Å². The average Bonchev–Trinajstić information content (AvgIpc) is 2.74. The van der Waals surface area contributed by atoms with E-state index >= 15 is 0 Å². The highest BCUT2D eigenvalue weighted by Gasteiger charge is 2.40. The Kier molecular flexibility index (Phi) is 3.61. The maximum atomic E-state index is 13.1. The molecule has 8 heteroatoms. The third-order valence-corrected chi connectivity index (χ3v) is 6.30. The number of hydrogen-bond acceptors (Lipinski definition) is 4. The summed E-state index contributed by atoms with van der Waals surface area (Å²) in [6.45, 7) is 1.51. The minimum Gasteiger partial charge on any atom is -0.334 e. The first-order chi connectivity index (χ1) is 11.4. The third kappa shape index (κ3) is 2.59. The standard InChI is InChI=1S/C16H20N4O3S/c1-24(22,23)18-9-12-5-6-13(11-18)19(10-12)16(21)14-8-17-20-7-3-2-4-15(14)20/h2-4,7-8,12-13H,5-6,9-11H2,1H3/t12-,13+/m0/s1. The maximum absolute atomic E-state index is 13.1. The number of pyridine rings is 1. The van der Waals surface area contributed by atoms with E-state index < -0.39 is 10.0 Å². The van der Waals surface area contributed by atoms with E-state index in [1.165, 1.54) is 10.6 Å². The van der Waals surface area contributed by atoms with Crippen molar-refractivity contribution in [2.45, 2.75) is 18.9 Å². The molecule has 0 aliphatic carbocycles. The fourth-order valence-corrected chi connectivity index (χ4v) is 4.74. The molecule has 0 unspecified atom stereocenters. The lowest BCUT2D eigenvalue weighted by atomic mass is 9.94. The molecule has 2 aromatic heterocycles. The van der Waals surface area contributed by atoms with Crippen molar-refractivity contribution in [1.82, 2.24) is 18.8 Å². The van der Waals surface area contributed by atoms with Gasteiger partial charge in [0.1, 0.15) is 0 Å². The number of fused-ring (bicyclic) bond motifs is 5. The van der Waals surface area contributed by atoms with Gasteiger partial charge in [0.25, 0.3) is 5.91 Å². The molecule has 0 spiro atoms. The van der Waals surface area contributed by atoms with Gasteiger partial charge < -0.3 is 4.90 Å². The van der Waals surface area contributed by atoms with Gasteiger partial charge in [-0.15, -0.1) is 0 Å². The summed E-state index contributed by atoms with van der Waals surface area (Å²) in [5.74, 6) is 0.144. The molecule has 128 valence electrons. The van der Waals surface area contributed by atoms with Crippen molar-refractivity contribution in [3.63, 3.8) is 0 Å². The predicted molar refractivity (Wildman–Crippen MR) is 89.2 cm³/mol. The molecule has 0 saturated carbocycles. The van der Waals surface area contributed by atoms with Gasteiger partial charge in [-0.05, 0) is 30.9 Å². The highest BCUT2D eigenvalue weighted by molar-refractivity contribution is 7.88. The Morgan fingerprint density at radius 2 is 2.04 bits per heavy atom. The molecule has 2 bridgehead atoms. The van der Waals surface area contributed by atoms with E-state index in [0.29, 0.717) is 25.2 Å². The van der Waals surface area contributed by atoms with Gasteiger partial charge in [0.2, 0.25) is 10.0 Å². The molecular weight excluding hydrogens is 328 g/mol. The molecule has 3 aliphatic heterocycles. The van der Waals surface area contributed by atoms with Gasteiger partial charge in [0.05, 0.1) is 23.5 Å². The smallest absolute Gasteiger partial charge is 0.257 e. The number of sulfonamides is 1. The summed E-state index contributed by atoms with van der Waals surface area (Å²) < 4.78 is 27.1. The van der Waals surface area contributed by atoms with E-state index in [0.717, 1.165) is 18.4 Å². The van der Waals surface area contributed by atoms with E-state index in [1.54, 1.807) is 10.7 Å². The molecule has 24 heavy (non-hydrogen) atoms. The molecule has 5 rings (SSSR count). The topological polar surface area (TPSA) is 75.0 Å². The first-order valence-electron chi connectivity index (χ1n) is 8.12. The fourth-order valence-electron chi connectivity index (χ4n) is 3.81. The highest BCUT2D eigenvalue weighted by Crippen LogP contribution is 2.30. The Bertz CT molecular complexity index is 892. The first kappa shape index (κ1) is 15.6. The summed E-state index contributed by atoms with van der Waals surface area (Å²) in [7, 11) is -3.23. The highest BCUT2D eigenvalue weighted by atomic mass is 32.2. The second-order valence-corrected chi connectivity index (χ2v) is 8.71. The van der Waals surface area contributed by atoms with Gasteiger partial charge in [-0.1, -0.05) is 6.07 Å². The van der Waals surface area contributed by atoms with Gasteiger partial charge in [0.15, 0.2) is 0 Å². The Labute approximate surface area is 140 Å². The zero-order chi connectivity index (χ0) is 16.9. The Balaban J connectivity index is 1.66. The molecule has 0 aromatic carbocycles. The van der Waals surface area contributed by atoms with Crippen molar-refractivity contribution in [2.24, 2.45) is 5.92 Å². The van der Waals surface area contributed by atoms with E-state index in [4.69, 9.17) is 0 Å². The monoisotopic (exact) mass is 348 g/mol. The van der Waals surface area contributed by atoms with Crippen LogP contribution < -0.4 is 0 Å². The number of aromatic nitrogens is 2. The van der Waals surface area contributed by atoms with Crippen molar-refractivity contribution in [3.05, 3.63) is 36.2 Å². The van der Waals surface area contributed by atoms with Gasteiger partial charge in [-0.25, -0.2) is 12.9 Å². The van der Waals surface area contributed by atoms with Crippen LogP contribution in [0.1, 0.15) is 23.2 Å². The van der Waals surface area contributed by atoms with E-state index in [9.17, 15) is 13.2 Å². The van der Waals surface area contributed by atoms with Crippen LogP contribution in [0.15, 0.2) is 30.6 Å². The normalized spacial score (nSPS) is 25.1. The SMILES string of the molecule is CS(=O)(=O)N1C[C@@H]2CC[C@H](C1)N(C(=O)c1cnn3ccccc13)C2. The number of piperidine rings is 1. The van der Waals surface area contributed by atoms with Crippen LogP contribution in [0.5, 0.6) is 0 Å². The molecule has 7 nitrogen and oxygen atoms in total. The molecule has 3 fully saturated rings. The number of carbonyl (C=O) groups is 1. The third-order valence-electron chi connectivity index (χ3n) is 5.07. The second-order valence-electron chi connectivity index (χ2n) is 6.72. The van der Waals surface area contributed by atoms with Gasteiger partial charge >= 0.3 is 0 Å². The summed E-state index contributed by atoms with van der Waals surface area (Å²) in [5, 5.41) is 4.24. The summed E-state index contributed by atoms with van der Waals surface area (Å²) in [5.41, 5.74) is 1.36. The summed E-state index contributed by atoms with van der Waals surface area (Å²) >= 11 is 0. The zero-order valence-corrected chi connectivity index (χ0v) is 14.3. The largest absolute Gasteiger partial charge is 0.334 e. The maximum Gasteiger partial charge on any atom is 0.257 e. The van der Waals surface area contributed by atoms with Crippen LogP contribution in [-0.4, -0.2) is 65.1 Å². The number of carbonyl (C=O) groups excluding carboxylic acids is 1. The van der Waals surface area contributed by atoms with Crippen LogP contribution >= 0.6 is 0 Å². The molecule has 0 N–H and O–H groups in total. The lowest BCUT2D eigenvalue weighted by Crippen LogP contribution is -2.47. The van der Waals surface area contributed by atoms with Crippen molar-refractivity contribution in [3.8, 4) is 0 Å². The van der Waals surface area contributed by atoms with E-state index in [2.05, 4.69) is 5.10 Å². The van der Waals surface area contributed by atoms with Gasteiger partial charge in [-0.2, -0.15) is 9.40 Å². The summed E-state index contributed by atoms with van der Waals surface area (Å²) in [6.07, 6.45) is 6.47. The molecule has 2 atom stereocenters. The van der Waals surface area contributed by atoms with Crippen molar-refractivity contribution in [1.29, 1.82) is 0 Å². The fraction of sp³-hybridized carbons (Fsp3) is 0.500. The van der Waals surface area contributed by atoms with Crippen molar-refractivity contribution >= 4 is 21.4 Å². The van der Waals surface area contributed by atoms with Crippen molar-refractivity contribution in [2.75, 3.05) is 25.9 Å². The zero-order valence-electron chi connectivity index (χ0n) is 13.5. The quantitative estimate of drug-likeness (QED) is 0.806. The molecule has 3 saturated heterocycles. The second kappa shape index (κ2) is 5.56. The van der Waals surface area contributed by atoms with Gasteiger partial charge in [-0.3, -0.25) is 4.79 Å². The van der Waals surface area contributed by atoms with Crippen LogP contribution in [0.4, 0.5) is 0 Å². The Morgan fingerprint density at radius 3 is 2.83 bits per heavy atom. The van der Waals surface area contributed by atoms with E-state index in [1.807, 2.05) is 29.3 Å². The molecular formula is C16H20N4O3S. The molecule has 3 aliphatic rings. The molecule has 0 radical (unpaired) electrons. The summed E-state index contributed by atoms with van der Waals surface area (Å²) in [6, 6.07) is 5.56. The van der Waals surface area contributed by atoms with Crippen LogP contribution in [0, 0.1) is 5.92 Å². The lowest BCUT2D eigenvalue weighted by molar-refractivity contribution is 0.0591. The minimum atomic E-state index is -3.23. The van der Waals surface area contributed by atoms with Crippen LogP contribution in [0.3, 0.4) is 0 Å². The Hall–Kier alpha value is -1.93. The number of amides is 1. The summed E-state index contributed by atoms with van der Waals surface area (Å²) in [4.78, 5) is 14.9. The number of rotatable bonds is 2. The first-order valence-corrected chi connectivity index (χ1v) is 9.97. The predicted octanol–water partition coefficient (Wildman–Crippen LogP) is 0.830. The van der Waals surface area contributed by atoms with Crippen molar-refractivity contribution < 1.29 is 13.2 Å². The minimum absolute atomic E-state index is 0.0544. The molecule has 1 amide bonds. The molecule has 2 aromatic rings. The Morgan fingerprint density at radius 1 is 1.21 bits per heavy atom. The number of nitrogens with zero attached hydrogens (tertiary/aromatic N) is 4. The van der Waals surface area contributed by atoms with E-state index in [-0.39, 0.29) is 17.9 Å². The van der Waals surface area contributed by atoms with Gasteiger partial charge in [0, 0.05) is 31.9 Å². The average molecular weight is 348 g/mol. The van der Waals surface area contributed by atoms with Crippen LogP contribution in [0.2, 0.25) is 0 Å². The molecule has 5 heterocycles. The van der Waals surface area contributed by atoms with Crippen LogP contribution in [0.25, 0.3) is 5.52 Å².